The van der Waals surface area contributed by atoms with Gasteiger partial charge in [0, 0.05) is 17.4 Å². The topological polar surface area (TPSA) is 94.9 Å². The van der Waals surface area contributed by atoms with Gasteiger partial charge in [-0.3, -0.25) is 14.6 Å². The summed E-state index contributed by atoms with van der Waals surface area (Å²) in [6.07, 6.45) is 1.24. The molecule has 0 spiro atoms. The van der Waals surface area contributed by atoms with Gasteiger partial charge in [0.25, 0.3) is 11.8 Å². The number of nitrogens with zero attached hydrogens (tertiary/aromatic N) is 2. The van der Waals surface area contributed by atoms with Gasteiger partial charge in [0.2, 0.25) is 0 Å². The average molecular weight is 378 g/mol. The Hall–Kier alpha value is -4.12. The third kappa shape index (κ3) is 4.16. The van der Waals surface area contributed by atoms with Gasteiger partial charge in [-0.25, -0.2) is 8.78 Å². The Labute approximate surface area is 158 Å². The fraction of sp³-hybridized carbons (Fsp3) is 0. The summed E-state index contributed by atoms with van der Waals surface area (Å²) < 4.78 is 27.3. The molecule has 0 unspecified atom stereocenters. The zero-order chi connectivity index (χ0) is 20.1. The van der Waals surface area contributed by atoms with Crippen molar-refractivity contribution in [3.05, 3.63) is 89.2 Å². The van der Waals surface area contributed by atoms with Crippen LogP contribution in [0.15, 0.2) is 60.8 Å². The second-order valence-electron chi connectivity index (χ2n) is 5.62. The van der Waals surface area contributed by atoms with Crippen molar-refractivity contribution in [2.75, 3.05) is 10.6 Å². The summed E-state index contributed by atoms with van der Waals surface area (Å²) in [4.78, 5) is 28.4. The van der Waals surface area contributed by atoms with E-state index in [2.05, 4.69) is 15.6 Å². The van der Waals surface area contributed by atoms with Crippen LogP contribution in [0.3, 0.4) is 0 Å². The molecular formula is C20H12F2N4O2. The van der Waals surface area contributed by atoms with Crippen LogP contribution in [0.5, 0.6) is 0 Å². The molecule has 0 radical (unpaired) electrons. The van der Waals surface area contributed by atoms with E-state index in [0.29, 0.717) is 11.3 Å². The average Bonchev–Trinajstić information content (AvgIpc) is 2.71. The number of carbonyl (C=O) groups is 2. The maximum Gasteiger partial charge on any atom is 0.274 e. The summed E-state index contributed by atoms with van der Waals surface area (Å²) >= 11 is 0. The van der Waals surface area contributed by atoms with Gasteiger partial charge in [-0.05, 0) is 48.5 Å². The lowest BCUT2D eigenvalue weighted by Gasteiger charge is -2.09. The Morgan fingerprint density at radius 2 is 1.61 bits per heavy atom. The highest BCUT2D eigenvalue weighted by Crippen LogP contribution is 2.19. The van der Waals surface area contributed by atoms with Crippen LogP contribution in [-0.2, 0) is 0 Å². The van der Waals surface area contributed by atoms with Crippen LogP contribution in [0.1, 0.15) is 26.4 Å². The minimum absolute atomic E-state index is 0.124. The highest BCUT2D eigenvalue weighted by atomic mass is 19.1. The minimum Gasteiger partial charge on any atom is -0.322 e. The first-order valence-electron chi connectivity index (χ1n) is 8.01. The Balaban J connectivity index is 1.76. The summed E-state index contributed by atoms with van der Waals surface area (Å²) in [5, 5.41) is 13.5. The molecule has 6 nitrogen and oxygen atoms in total. The number of aromatic nitrogens is 1. The van der Waals surface area contributed by atoms with Gasteiger partial charge in [-0.15, -0.1) is 0 Å². The van der Waals surface area contributed by atoms with E-state index in [0.717, 1.165) is 12.1 Å². The second-order valence-corrected chi connectivity index (χ2v) is 5.62. The Kier molecular flexibility index (Phi) is 5.37. The van der Waals surface area contributed by atoms with Crippen LogP contribution in [0.4, 0.5) is 20.2 Å². The fourth-order valence-corrected chi connectivity index (χ4v) is 2.32. The van der Waals surface area contributed by atoms with Crippen molar-refractivity contribution in [2.45, 2.75) is 0 Å². The number of nitriles is 1. The van der Waals surface area contributed by atoms with Gasteiger partial charge in [0.1, 0.15) is 23.0 Å². The lowest BCUT2D eigenvalue weighted by Crippen LogP contribution is -2.18. The molecule has 0 aliphatic heterocycles. The quantitative estimate of drug-likeness (QED) is 0.723. The molecule has 0 saturated heterocycles. The number of hydrogen-bond donors (Lipinski definition) is 2. The van der Waals surface area contributed by atoms with Gasteiger partial charge in [0.05, 0.1) is 11.6 Å². The summed E-state index contributed by atoms with van der Waals surface area (Å²) in [7, 11) is 0. The molecule has 2 amide bonds. The molecule has 0 saturated carbocycles. The van der Waals surface area contributed by atoms with E-state index in [9.17, 15) is 18.4 Å². The van der Waals surface area contributed by atoms with E-state index < -0.39 is 29.1 Å². The highest BCUT2D eigenvalue weighted by Gasteiger charge is 2.16. The molecular weight excluding hydrogens is 366 g/mol. The molecule has 0 aliphatic rings. The van der Waals surface area contributed by atoms with Crippen LogP contribution < -0.4 is 10.6 Å². The number of amides is 2. The molecule has 138 valence electrons. The number of rotatable bonds is 4. The molecule has 1 aromatic heterocycles. The molecule has 2 aromatic carbocycles. The molecule has 0 atom stereocenters. The van der Waals surface area contributed by atoms with Crippen LogP contribution in [0.2, 0.25) is 0 Å². The minimum atomic E-state index is -0.928. The van der Waals surface area contributed by atoms with Crippen molar-refractivity contribution < 1.29 is 18.4 Å². The SMILES string of the molecule is N#Cc1ccc(NC(=O)c2ccnc(C(=O)Nc3c(F)cccc3F)c2)cc1. The monoisotopic (exact) mass is 378 g/mol. The maximum absolute atomic E-state index is 13.7. The lowest BCUT2D eigenvalue weighted by atomic mass is 10.2. The molecule has 3 rings (SSSR count). The summed E-state index contributed by atoms with van der Waals surface area (Å²) in [5.74, 6) is -3.23. The number of halogens is 2. The van der Waals surface area contributed by atoms with Crippen molar-refractivity contribution >= 4 is 23.2 Å². The lowest BCUT2D eigenvalue weighted by molar-refractivity contribution is 0.102. The summed E-state index contributed by atoms with van der Waals surface area (Å²) in [6, 6.07) is 14.0. The molecule has 8 heteroatoms. The first kappa shape index (κ1) is 18.7. The van der Waals surface area contributed by atoms with Gasteiger partial charge >= 0.3 is 0 Å². The van der Waals surface area contributed by atoms with Crippen molar-refractivity contribution in [3.63, 3.8) is 0 Å². The molecule has 0 bridgehead atoms. The number of hydrogen-bond acceptors (Lipinski definition) is 4. The zero-order valence-corrected chi connectivity index (χ0v) is 14.2. The third-order valence-corrected chi connectivity index (χ3v) is 3.73. The van der Waals surface area contributed by atoms with Crippen LogP contribution in [-0.4, -0.2) is 16.8 Å². The van der Waals surface area contributed by atoms with Crippen LogP contribution >= 0.6 is 0 Å². The number of carbonyl (C=O) groups excluding carboxylic acids is 2. The van der Waals surface area contributed by atoms with E-state index >= 15 is 0 Å². The second kappa shape index (κ2) is 8.05. The zero-order valence-electron chi connectivity index (χ0n) is 14.2. The van der Waals surface area contributed by atoms with E-state index in [1.165, 1.54) is 24.4 Å². The van der Waals surface area contributed by atoms with Crippen LogP contribution in [0, 0.1) is 23.0 Å². The first-order valence-corrected chi connectivity index (χ1v) is 8.01. The maximum atomic E-state index is 13.7. The number of nitrogens with one attached hydrogen (secondary N) is 2. The normalized spacial score (nSPS) is 10.0. The number of anilines is 2. The first-order chi connectivity index (χ1) is 13.5. The number of pyridine rings is 1. The standard InChI is InChI=1S/C20H12F2N4O2/c21-15-2-1-3-16(22)18(15)26-20(28)17-10-13(8-9-24-17)19(27)25-14-6-4-12(11-23)5-7-14/h1-10H,(H,25,27)(H,26,28). The van der Waals surface area contributed by atoms with E-state index in [1.807, 2.05) is 6.07 Å². The van der Waals surface area contributed by atoms with E-state index in [-0.39, 0.29) is 11.3 Å². The number of para-hydroxylation sites is 1. The van der Waals surface area contributed by atoms with Gasteiger partial charge in [-0.1, -0.05) is 6.07 Å². The Bertz CT molecular complexity index is 1070. The van der Waals surface area contributed by atoms with Gasteiger partial charge in [-0.2, -0.15) is 5.26 Å². The van der Waals surface area contributed by atoms with E-state index in [1.54, 1.807) is 24.3 Å². The Morgan fingerprint density at radius 3 is 2.25 bits per heavy atom. The molecule has 0 aliphatic carbocycles. The van der Waals surface area contributed by atoms with Gasteiger partial charge in [0.15, 0.2) is 0 Å². The van der Waals surface area contributed by atoms with Gasteiger partial charge < -0.3 is 10.6 Å². The predicted molar refractivity (Wildman–Crippen MR) is 97.7 cm³/mol. The summed E-state index contributed by atoms with van der Waals surface area (Å²) in [5.41, 5.74) is 0.247. The highest BCUT2D eigenvalue weighted by molar-refractivity contribution is 6.07. The molecule has 2 N–H and O–H groups in total. The molecule has 1 heterocycles. The van der Waals surface area contributed by atoms with Crippen LogP contribution in [0.25, 0.3) is 0 Å². The molecule has 28 heavy (non-hydrogen) atoms. The predicted octanol–water partition coefficient (Wildman–Crippen LogP) is 3.74. The fourth-order valence-electron chi connectivity index (χ4n) is 2.32. The van der Waals surface area contributed by atoms with E-state index in [4.69, 9.17) is 5.26 Å². The van der Waals surface area contributed by atoms with Crippen molar-refractivity contribution in [1.29, 1.82) is 5.26 Å². The Morgan fingerprint density at radius 1 is 0.929 bits per heavy atom. The van der Waals surface area contributed by atoms with Crippen molar-refractivity contribution in [1.82, 2.24) is 4.98 Å². The largest absolute Gasteiger partial charge is 0.322 e. The number of benzene rings is 2. The van der Waals surface area contributed by atoms with Crippen molar-refractivity contribution in [3.8, 4) is 6.07 Å². The summed E-state index contributed by atoms with van der Waals surface area (Å²) in [6.45, 7) is 0. The third-order valence-electron chi connectivity index (χ3n) is 3.73. The smallest absolute Gasteiger partial charge is 0.274 e. The van der Waals surface area contributed by atoms with Crippen molar-refractivity contribution in [2.24, 2.45) is 0 Å². The molecule has 3 aromatic rings. The molecule has 0 fully saturated rings.